The molecule has 2 rings (SSSR count). The molecule has 2 aromatic rings. The van der Waals surface area contributed by atoms with E-state index in [4.69, 9.17) is 4.74 Å². The molecule has 1 heterocycles. The van der Waals surface area contributed by atoms with E-state index >= 15 is 0 Å². The molecule has 0 fully saturated rings. The Morgan fingerprint density at radius 3 is 2.72 bits per heavy atom. The second-order valence-corrected chi connectivity index (χ2v) is 3.84. The molecule has 0 unspecified atom stereocenters. The van der Waals surface area contributed by atoms with E-state index in [1.807, 2.05) is 0 Å². The number of carbonyl (C=O) groups is 1. The number of aldehydes is 1. The molecule has 4 heteroatoms. The van der Waals surface area contributed by atoms with Gasteiger partial charge in [-0.15, -0.1) is 0 Å². The molecule has 1 aromatic carbocycles. The summed E-state index contributed by atoms with van der Waals surface area (Å²) < 4.78 is 19.1. The Bertz CT molecular complexity index is 596. The van der Waals surface area contributed by atoms with Gasteiger partial charge in [0.25, 0.3) is 0 Å². The fourth-order valence-electron chi connectivity index (χ4n) is 1.82. The summed E-state index contributed by atoms with van der Waals surface area (Å²) in [5, 5.41) is 0. The van der Waals surface area contributed by atoms with Gasteiger partial charge in [0.15, 0.2) is 6.29 Å². The summed E-state index contributed by atoms with van der Waals surface area (Å²) in [5.74, 6) is -0.141. The van der Waals surface area contributed by atoms with Crippen molar-refractivity contribution in [1.29, 1.82) is 0 Å². The summed E-state index contributed by atoms with van der Waals surface area (Å²) >= 11 is 0. The lowest BCUT2D eigenvalue weighted by Crippen LogP contribution is -1.98. The predicted molar refractivity (Wildman–Crippen MR) is 66.3 cm³/mol. The maximum Gasteiger partial charge on any atom is 0.224 e. The Balaban J connectivity index is 2.71. The Morgan fingerprint density at radius 1 is 1.28 bits per heavy atom. The van der Waals surface area contributed by atoms with Gasteiger partial charge in [0.2, 0.25) is 5.88 Å². The molecule has 0 aliphatic carbocycles. The number of aromatic nitrogens is 1. The average Bonchev–Trinajstić information content (AvgIpc) is 2.41. The van der Waals surface area contributed by atoms with Crippen molar-refractivity contribution in [3.8, 4) is 17.0 Å². The standard InChI is InChI=1S/C14H12FNO2/c1-9-4-3-5-11(13(9)15)10-6-7-16-14(18-2)12(10)8-17/h3-8H,1-2H3. The van der Waals surface area contributed by atoms with Crippen molar-refractivity contribution in [3.63, 3.8) is 0 Å². The highest BCUT2D eigenvalue weighted by Crippen LogP contribution is 2.30. The third-order valence-corrected chi connectivity index (χ3v) is 2.75. The minimum absolute atomic E-state index is 0.198. The number of hydrogen-bond donors (Lipinski definition) is 0. The molecule has 0 saturated carbocycles. The van der Waals surface area contributed by atoms with Crippen molar-refractivity contribution in [1.82, 2.24) is 4.98 Å². The summed E-state index contributed by atoms with van der Waals surface area (Å²) in [4.78, 5) is 15.1. The smallest absolute Gasteiger partial charge is 0.224 e. The molecule has 0 amide bonds. The quantitative estimate of drug-likeness (QED) is 0.780. The van der Waals surface area contributed by atoms with Crippen molar-refractivity contribution >= 4 is 6.29 Å². The summed E-state index contributed by atoms with van der Waals surface area (Å²) in [6, 6.07) is 6.65. The van der Waals surface area contributed by atoms with Crippen molar-refractivity contribution in [3.05, 3.63) is 47.4 Å². The van der Waals surface area contributed by atoms with E-state index in [0.717, 1.165) is 0 Å². The first-order valence-electron chi connectivity index (χ1n) is 5.42. The highest BCUT2D eigenvalue weighted by Gasteiger charge is 2.15. The molecule has 0 N–H and O–H groups in total. The van der Waals surface area contributed by atoms with Crippen LogP contribution in [0.3, 0.4) is 0 Å². The first kappa shape index (κ1) is 12.2. The van der Waals surface area contributed by atoms with Gasteiger partial charge in [-0.1, -0.05) is 18.2 Å². The van der Waals surface area contributed by atoms with Crippen LogP contribution in [0.25, 0.3) is 11.1 Å². The van der Waals surface area contributed by atoms with Gasteiger partial charge >= 0.3 is 0 Å². The number of benzene rings is 1. The molecule has 0 aliphatic heterocycles. The van der Waals surface area contributed by atoms with Crippen LogP contribution in [0.4, 0.5) is 4.39 Å². The van der Waals surface area contributed by atoms with Crippen LogP contribution in [0.15, 0.2) is 30.5 Å². The number of rotatable bonds is 3. The van der Waals surface area contributed by atoms with Crippen LogP contribution in [-0.4, -0.2) is 18.4 Å². The molecule has 3 nitrogen and oxygen atoms in total. The molecule has 1 aromatic heterocycles. The van der Waals surface area contributed by atoms with E-state index in [0.29, 0.717) is 23.0 Å². The first-order chi connectivity index (χ1) is 8.69. The number of halogens is 1. The average molecular weight is 245 g/mol. The van der Waals surface area contributed by atoms with Crippen molar-refractivity contribution < 1.29 is 13.9 Å². The molecule has 0 saturated heterocycles. The van der Waals surface area contributed by atoms with E-state index in [-0.39, 0.29) is 17.3 Å². The highest BCUT2D eigenvalue weighted by atomic mass is 19.1. The monoisotopic (exact) mass is 245 g/mol. The fourth-order valence-corrected chi connectivity index (χ4v) is 1.82. The fraction of sp³-hybridized carbons (Fsp3) is 0.143. The molecule has 92 valence electrons. The number of nitrogens with zero attached hydrogens (tertiary/aromatic N) is 1. The summed E-state index contributed by atoms with van der Waals surface area (Å²) in [6.45, 7) is 1.68. The zero-order chi connectivity index (χ0) is 13.1. The van der Waals surface area contributed by atoms with E-state index in [1.165, 1.54) is 13.3 Å². The molecule has 0 atom stereocenters. The summed E-state index contributed by atoms with van der Waals surface area (Å²) in [5.41, 5.74) is 1.64. The van der Waals surface area contributed by atoms with Crippen molar-refractivity contribution in [2.24, 2.45) is 0 Å². The van der Waals surface area contributed by atoms with E-state index in [1.54, 1.807) is 31.2 Å². The zero-order valence-corrected chi connectivity index (χ0v) is 10.1. The van der Waals surface area contributed by atoms with Gasteiger partial charge in [-0.2, -0.15) is 0 Å². The highest BCUT2D eigenvalue weighted by molar-refractivity contribution is 5.90. The molecular formula is C14H12FNO2. The number of pyridine rings is 1. The first-order valence-corrected chi connectivity index (χ1v) is 5.42. The van der Waals surface area contributed by atoms with Gasteiger partial charge in [0, 0.05) is 17.3 Å². The van der Waals surface area contributed by atoms with Crippen LogP contribution in [0, 0.1) is 12.7 Å². The third kappa shape index (κ3) is 1.97. The Kier molecular flexibility index (Phi) is 3.37. The van der Waals surface area contributed by atoms with Gasteiger partial charge in [0.1, 0.15) is 5.82 Å². The van der Waals surface area contributed by atoms with E-state index < -0.39 is 0 Å². The van der Waals surface area contributed by atoms with Crippen LogP contribution >= 0.6 is 0 Å². The lowest BCUT2D eigenvalue weighted by Gasteiger charge is -2.10. The number of carbonyl (C=O) groups excluding carboxylic acids is 1. The molecule has 0 radical (unpaired) electrons. The van der Waals surface area contributed by atoms with E-state index in [9.17, 15) is 9.18 Å². The predicted octanol–water partition coefficient (Wildman–Crippen LogP) is 3.02. The summed E-state index contributed by atoms with van der Waals surface area (Å²) in [6.07, 6.45) is 2.12. The lowest BCUT2D eigenvalue weighted by molar-refractivity contribution is 0.112. The van der Waals surface area contributed by atoms with Crippen LogP contribution in [0.5, 0.6) is 5.88 Å². The van der Waals surface area contributed by atoms with Crippen LogP contribution < -0.4 is 4.74 Å². The third-order valence-electron chi connectivity index (χ3n) is 2.75. The topological polar surface area (TPSA) is 39.2 Å². The largest absolute Gasteiger partial charge is 0.480 e. The van der Waals surface area contributed by atoms with Crippen LogP contribution in [0.2, 0.25) is 0 Å². The van der Waals surface area contributed by atoms with E-state index in [2.05, 4.69) is 4.98 Å². The molecule has 18 heavy (non-hydrogen) atoms. The maximum atomic E-state index is 14.1. The van der Waals surface area contributed by atoms with Crippen LogP contribution in [-0.2, 0) is 0 Å². The summed E-state index contributed by atoms with van der Waals surface area (Å²) in [7, 11) is 1.42. The second-order valence-electron chi connectivity index (χ2n) is 3.84. The molecule has 0 aliphatic rings. The minimum atomic E-state index is -0.339. The number of ether oxygens (including phenoxy) is 1. The number of hydrogen-bond acceptors (Lipinski definition) is 3. The molecular weight excluding hydrogens is 233 g/mol. The number of methoxy groups -OCH3 is 1. The number of aryl methyl sites for hydroxylation is 1. The lowest BCUT2D eigenvalue weighted by atomic mass is 9.99. The van der Waals surface area contributed by atoms with Gasteiger partial charge in [0.05, 0.1) is 12.7 Å². The Hall–Kier alpha value is -2.23. The zero-order valence-electron chi connectivity index (χ0n) is 10.1. The molecule has 0 spiro atoms. The van der Waals surface area contributed by atoms with Crippen LogP contribution in [0.1, 0.15) is 15.9 Å². The second kappa shape index (κ2) is 4.96. The Morgan fingerprint density at radius 2 is 2.06 bits per heavy atom. The minimum Gasteiger partial charge on any atom is -0.480 e. The van der Waals surface area contributed by atoms with Gasteiger partial charge < -0.3 is 4.74 Å². The van der Waals surface area contributed by atoms with Gasteiger partial charge in [-0.3, -0.25) is 4.79 Å². The normalized spacial score (nSPS) is 10.2. The van der Waals surface area contributed by atoms with Gasteiger partial charge in [-0.25, -0.2) is 9.37 Å². The SMILES string of the molecule is COc1nccc(-c2cccc(C)c2F)c1C=O. The maximum absolute atomic E-state index is 14.1. The Labute approximate surface area is 104 Å². The van der Waals surface area contributed by atoms with Crippen molar-refractivity contribution in [2.45, 2.75) is 6.92 Å². The van der Waals surface area contributed by atoms with Crippen molar-refractivity contribution in [2.75, 3.05) is 7.11 Å². The van der Waals surface area contributed by atoms with Gasteiger partial charge in [-0.05, 0) is 18.6 Å². The molecule has 0 bridgehead atoms.